The van der Waals surface area contributed by atoms with Gasteiger partial charge in [-0.25, -0.2) is 9.59 Å². The highest BCUT2D eigenvalue weighted by Crippen LogP contribution is 2.21. The van der Waals surface area contributed by atoms with Crippen LogP contribution in [-0.4, -0.2) is 29.9 Å². The first-order valence-corrected chi connectivity index (χ1v) is 8.07. The van der Waals surface area contributed by atoms with Crippen molar-refractivity contribution in [2.45, 2.75) is 32.5 Å². The topological polar surface area (TPSA) is 69.7 Å². The summed E-state index contributed by atoms with van der Waals surface area (Å²) in [6, 6.07) is 13.5. The Morgan fingerprint density at radius 3 is 2.28 bits per heavy atom. The molecule has 2 unspecified atom stereocenters. The van der Waals surface area contributed by atoms with Gasteiger partial charge >= 0.3 is 11.9 Å². The van der Waals surface area contributed by atoms with Crippen LogP contribution in [0.5, 0.6) is 0 Å². The van der Waals surface area contributed by atoms with Crippen molar-refractivity contribution in [1.82, 2.24) is 0 Å². The third kappa shape index (κ3) is 3.60. The largest absolute Gasteiger partial charge is 0.460 e. The zero-order valence-electron chi connectivity index (χ0n) is 14.0. The minimum Gasteiger partial charge on any atom is -0.460 e. The van der Waals surface area contributed by atoms with Crippen molar-refractivity contribution in [2.24, 2.45) is 0 Å². The molecule has 0 aromatic heterocycles. The molecule has 0 N–H and O–H groups in total. The highest BCUT2D eigenvalue weighted by atomic mass is 16.6. The van der Waals surface area contributed by atoms with Crippen molar-refractivity contribution in [3.63, 3.8) is 0 Å². The molecule has 1 fully saturated rings. The molecule has 0 saturated carbocycles. The smallest absolute Gasteiger partial charge is 0.347 e. The van der Waals surface area contributed by atoms with Crippen LogP contribution < -0.4 is 0 Å². The van der Waals surface area contributed by atoms with E-state index < -0.39 is 18.0 Å². The lowest BCUT2D eigenvalue weighted by molar-refractivity contribution is -0.147. The summed E-state index contributed by atoms with van der Waals surface area (Å²) in [5.41, 5.74) is 1.91. The van der Waals surface area contributed by atoms with E-state index in [4.69, 9.17) is 9.47 Å². The van der Waals surface area contributed by atoms with Gasteiger partial charge in [-0.05, 0) is 19.9 Å². The van der Waals surface area contributed by atoms with Crippen LogP contribution in [0.2, 0.25) is 0 Å². The van der Waals surface area contributed by atoms with Gasteiger partial charge in [-0.3, -0.25) is 4.79 Å². The molecule has 25 heavy (non-hydrogen) atoms. The number of ketones is 1. The molecule has 5 heteroatoms. The van der Waals surface area contributed by atoms with Crippen LogP contribution >= 0.6 is 0 Å². The first kappa shape index (κ1) is 16.9. The number of hydrogen-bond donors (Lipinski definition) is 0. The molecule has 0 aliphatic carbocycles. The zero-order valence-corrected chi connectivity index (χ0v) is 14.0. The number of hydrogen-bond acceptors (Lipinski definition) is 5. The predicted molar refractivity (Wildman–Crippen MR) is 90.4 cm³/mol. The minimum absolute atomic E-state index is 0.139. The van der Waals surface area contributed by atoms with E-state index in [1.165, 1.54) is 6.07 Å². The maximum atomic E-state index is 12.7. The molecule has 128 valence electrons. The fraction of sp³-hybridized carbons (Fsp3) is 0.250. The molecule has 2 aromatic rings. The van der Waals surface area contributed by atoms with Crippen LogP contribution in [0.25, 0.3) is 0 Å². The quantitative estimate of drug-likeness (QED) is 0.633. The van der Waals surface area contributed by atoms with Crippen molar-refractivity contribution >= 4 is 17.7 Å². The van der Waals surface area contributed by atoms with E-state index in [1.54, 1.807) is 37.3 Å². The summed E-state index contributed by atoms with van der Waals surface area (Å²) in [6.07, 6.45) is -0.890. The van der Waals surface area contributed by atoms with E-state index in [2.05, 4.69) is 0 Å². The number of ether oxygens (including phenoxy) is 2. The molecule has 5 nitrogen and oxygen atoms in total. The van der Waals surface area contributed by atoms with Crippen LogP contribution in [0.3, 0.4) is 0 Å². The number of esters is 2. The first-order chi connectivity index (χ1) is 12.0. The summed E-state index contributed by atoms with van der Waals surface area (Å²) < 4.78 is 10.2. The third-order valence-electron chi connectivity index (χ3n) is 4.08. The Balaban J connectivity index is 1.85. The molecule has 0 amide bonds. The SMILES string of the molecule is Cc1ccc(C(=O)c2ccccc2C(=O)OC2CC(C)OC2=O)cc1. The second-order valence-electron chi connectivity index (χ2n) is 6.12. The molecular formula is C20H18O5. The Morgan fingerprint density at radius 2 is 1.68 bits per heavy atom. The van der Waals surface area contributed by atoms with Gasteiger partial charge in [-0.2, -0.15) is 0 Å². The maximum absolute atomic E-state index is 12.7. The number of aryl methyl sites for hydroxylation is 1. The average Bonchev–Trinajstić information content (AvgIpc) is 2.92. The van der Waals surface area contributed by atoms with Crippen LogP contribution in [0.1, 0.15) is 45.2 Å². The first-order valence-electron chi connectivity index (χ1n) is 8.07. The molecule has 1 saturated heterocycles. The van der Waals surface area contributed by atoms with Gasteiger partial charge in [0, 0.05) is 17.5 Å². The Kier molecular flexibility index (Phi) is 4.65. The number of benzene rings is 2. The van der Waals surface area contributed by atoms with E-state index in [9.17, 15) is 14.4 Å². The molecule has 0 spiro atoms. The highest BCUT2D eigenvalue weighted by molar-refractivity contribution is 6.14. The van der Waals surface area contributed by atoms with Gasteiger partial charge in [0.1, 0.15) is 6.10 Å². The molecule has 2 atom stereocenters. The van der Waals surface area contributed by atoms with E-state index in [0.717, 1.165) is 5.56 Å². The Morgan fingerprint density at radius 1 is 1.04 bits per heavy atom. The van der Waals surface area contributed by atoms with E-state index in [-0.39, 0.29) is 23.0 Å². The van der Waals surface area contributed by atoms with Gasteiger partial charge in [0.2, 0.25) is 6.10 Å². The predicted octanol–water partition coefficient (Wildman–Crippen LogP) is 3.09. The fourth-order valence-electron chi connectivity index (χ4n) is 2.73. The molecule has 2 aromatic carbocycles. The molecule has 0 bridgehead atoms. The van der Waals surface area contributed by atoms with Crippen LogP contribution in [0.4, 0.5) is 0 Å². The summed E-state index contributed by atoms with van der Waals surface area (Å²) in [5.74, 6) is -1.52. The van der Waals surface area contributed by atoms with Crippen molar-refractivity contribution in [1.29, 1.82) is 0 Å². The standard InChI is InChI=1S/C20H18O5/c1-12-7-9-14(10-8-12)18(21)15-5-3-4-6-16(15)19(22)25-17-11-13(2)24-20(17)23/h3-10,13,17H,11H2,1-2H3. The van der Waals surface area contributed by atoms with Gasteiger partial charge in [-0.15, -0.1) is 0 Å². The van der Waals surface area contributed by atoms with E-state index in [0.29, 0.717) is 12.0 Å². The van der Waals surface area contributed by atoms with Crippen molar-refractivity contribution in [3.8, 4) is 0 Å². The molecule has 1 aliphatic heterocycles. The maximum Gasteiger partial charge on any atom is 0.347 e. The van der Waals surface area contributed by atoms with E-state index >= 15 is 0 Å². The Hall–Kier alpha value is -2.95. The molecule has 0 radical (unpaired) electrons. The van der Waals surface area contributed by atoms with Gasteiger partial charge in [-0.1, -0.05) is 48.0 Å². The summed E-state index contributed by atoms with van der Waals surface area (Å²) in [7, 11) is 0. The summed E-state index contributed by atoms with van der Waals surface area (Å²) in [5, 5.41) is 0. The number of carbonyl (C=O) groups is 3. The normalized spacial score (nSPS) is 19.4. The Bertz CT molecular complexity index is 822. The van der Waals surface area contributed by atoms with Crippen LogP contribution in [-0.2, 0) is 14.3 Å². The van der Waals surface area contributed by atoms with Gasteiger partial charge in [0.15, 0.2) is 5.78 Å². The van der Waals surface area contributed by atoms with Crippen LogP contribution in [0.15, 0.2) is 48.5 Å². The Labute approximate surface area is 145 Å². The van der Waals surface area contributed by atoms with Gasteiger partial charge in [0.05, 0.1) is 5.56 Å². The number of cyclic esters (lactones) is 1. The van der Waals surface area contributed by atoms with Gasteiger partial charge < -0.3 is 9.47 Å². The monoisotopic (exact) mass is 338 g/mol. The van der Waals surface area contributed by atoms with E-state index in [1.807, 2.05) is 19.1 Å². The lowest BCUT2D eigenvalue weighted by Crippen LogP contribution is -2.24. The number of rotatable bonds is 4. The summed E-state index contributed by atoms with van der Waals surface area (Å²) >= 11 is 0. The van der Waals surface area contributed by atoms with Crippen LogP contribution in [0, 0.1) is 6.92 Å². The molecular weight excluding hydrogens is 320 g/mol. The minimum atomic E-state index is -0.926. The third-order valence-corrected chi connectivity index (χ3v) is 4.08. The summed E-state index contributed by atoms with van der Waals surface area (Å²) in [4.78, 5) is 36.9. The average molecular weight is 338 g/mol. The van der Waals surface area contributed by atoms with Gasteiger partial charge in [0.25, 0.3) is 0 Å². The van der Waals surface area contributed by atoms with Crippen molar-refractivity contribution < 1.29 is 23.9 Å². The fourth-order valence-corrected chi connectivity index (χ4v) is 2.73. The summed E-state index contributed by atoms with van der Waals surface area (Å²) in [6.45, 7) is 3.67. The number of carbonyl (C=O) groups excluding carboxylic acids is 3. The van der Waals surface area contributed by atoms with Crippen molar-refractivity contribution in [3.05, 3.63) is 70.8 Å². The zero-order chi connectivity index (χ0) is 18.0. The second-order valence-corrected chi connectivity index (χ2v) is 6.12. The molecule has 1 aliphatic rings. The lowest BCUT2D eigenvalue weighted by Gasteiger charge is -2.11. The highest BCUT2D eigenvalue weighted by Gasteiger charge is 2.35. The van der Waals surface area contributed by atoms with Crippen molar-refractivity contribution in [2.75, 3.05) is 0 Å². The lowest BCUT2D eigenvalue weighted by atomic mass is 9.98. The molecule has 3 rings (SSSR count). The second kappa shape index (κ2) is 6.89. The molecule has 1 heterocycles.